The highest BCUT2D eigenvalue weighted by molar-refractivity contribution is 5.84. The van der Waals surface area contributed by atoms with Crippen molar-refractivity contribution in [3.63, 3.8) is 0 Å². The van der Waals surface area contributed by atoms with Gasteiger partial charge in [0.15, 0.2) is 0 Å². The maximum Gasteiger partial charge on any atom is 0.305 e. The molecular formula is C11H22N2O3. The van der Waals surface area contributed by atoms with Crippen molar-refractivity contribution in [2.75, 3.05) is 0 Å². The molecule has 0 aromatic heterocycles. The number of carboxylic acids is 1. The minimum atomic E-state index is -0.933. The van der Waals surface area contributed by atoms with Crippen molar-refractivity contribution < 1.29 is 14.7 Å². The summed E-state index contributed by atoms with van der Waals surface area (Å²) in [6.07, 6.45) is -0.0905. The van der Waals surface area contributed by atoms with Gasteiger partial charge >= 0.3 is 5.97 Å². The van der Waals surface area contributed by atoms with Crippen LogP contribution >= 0.6 is 0 Å². The molecule has 1 unspecified atom stereocenters. The Morgan fingerprint density at radius 3 is 2.06 bits per heavy atom. The summed E-state index contributed by atoms with van der Waals surface area (Å²) in [5.41, 5.74) is 4.50. The number of hydrogen-bond acceptors (Lipinski definition) is 3. The molecule has 5 heteroatoms. The molecule has 0 saturated heterocycles. The maximum absolute atomic E-state index is 11.9. The van der Waals surface area contributed by atoms with Gasteiger partial charge in [-0.1, -0.05) is 0 Å². The first-order valence-corrected chi connectivity index (χ1v) is 5.30. The smallest absolute Gasteiger partial charge is 0.305 e. The van der Waals surface area contributed by atoms with E-state index >= 15 is 0 Å². The molecule has 0 saturated carbocycles. The molecule has 0 heterocycles. The minimum absolute atomic E-state index is 0.0905. The van der Waals surface area contributed by atoms with E-state index in [-0.39, 0.29) is 12.3 Å². The molecule has 94 valence electrons. The van der Waals surface area contributed by atoms with Crippen molar-refractivity contribution in [1.29, 1.82) is 0 Å². The number of nitrogens with two attached hydrogens (primary N) is 1. The van der Waals surface area contributed by atoms with Gasteiger partial charge in [-0.3, -0.25) is 9.59 Å². The molecule has 1 amide bonds. The second-order valence-corrected chi connectivity index (χ2v) is 5.32. The Morgan fingerprint density at radius 2 is 1.75 bits per heavy atom. The van der Waals surface area contributed by atoms with E-state index in [0.29, 0.717) is 0 Å². The van der Waals surface area contributed by atoms with Gasteiger partial charge in [0.1, 0.15) is 0 Å². The van der Waals surface area contributed by atoms with Crippen LogP contribution in [0, 0.1) is 5.41 Å². The lowest BCUT2D eigenvalue weighted by molar-refractivity contribution is -0.138. The van der Waals surface area contributed by atoms with Crippen LogP contribution in [0.5, 0.6) is 0 Å². The fraction of sp³-hybridized carbons (Fsp3) is 0.818. The summed E-state index contributed by atoms with van der Waals surface area (Å²) in [6.45, 7) is 8.69. The fourth-order valence-electron chi connectivity index (χ4n) is 1.01. The quantitative estimate of drug-likeness (QED) is 0.649. The van der Waals surface area contributed by atoms with Crippen LogP contribution in [0.1, 0.15) is 41.0 Å². The SMILES string of the molecule is CC(CC(=O)O)NC(=O)C(C)(C)C(C)(C)N. The molecule has 0 aromatic carbocycles. The zero-order chi connectivity index (χ0) is 13.1. The summed E-state index contributed by atoms with van der Waals surface area (Å²) >= 11 is 0. The molecule has 5 nitrogen and oxygen atoms in total. The number of carbonyl (C=O) groups is 2. The standard InChI is InChI=1S/C11H22N2O3/c1-7(6-8(14)15)13-9(16)10(2,3)11(4,5)12/h7H,6,12H2,1-5H3,(H,13,16)(H,14,15). The summed E-state index contributed by atoms with van der Waals surface area (Å²) in [5, 5.41) is 11.2. The third-order valence-electron chi connectivity index (χ3n) is 3.04. The monoisotopic (exact) mass is 230 g/mol. The van der Waals surface area contributed by atoms with Crippen molar-refractivity contribution in [3.8, 4) is 0 Å². The average molecular weight is 230 g/mol. The summed E-state index contributed by atoms with van der Waals surface area (Å²) in [6, 6.07) is -0.397. The zero-order valence-electron chi connectivity index (χ0n) is 10.6. The Labute approximate surface area is 96.4 Å². The molecule has 0 bridgehead atoms. The Kier molecular flexibility index (Phi) is 4.49. The van der Waals surface area contributed by atoms with Gasteiger partial charge in [-0.05, 0) is 34.6 Å². The minimum Gasteiger partial charge on any atom is -0.481 e. The summed E-state index contributed by atoms with van der Waals surface area (Å²) in [5.74, 6) is -1.16. The van der Waals surface area contributed by atoms with E-state index < -0.39 is 23.0 Å². The predicted molar refractivity (Wildman–Crippen MR) is 61.9 cm³/mol. The zero-order valence-corrected chi connectivity index (χ0v) is 10.6. The highest BCUT2D eigenvalue weighted by Gasteiger charge is 2.40. The number of carbonyl (C=O) groups excluding carboxylic acids is 1. The maximum atomic E-state index is 11.9. The molecule has 16 heavy (non-hydrogen) atoms. The van der Waals surface area contributed by atoms with Crippen molar-refractivity contribution in [2.45, 2.75) is 52.6 Å². The second kappa shape index (κ2) is 4.82. The number of carboxylic acid groups (broad SMARTS) is 1. The van der Waals surface area contributed by atoms with Crippen molar-refractivity contribution >= 4 is 11.9 Å². The van der Waals surface area contributed by atoms with Gasteiger partial charge in [0.2, 0.25) is 5.91 Å². The van der Waals surface area contributed by atoms with Gasteiger partial charge in [-0.25, -0.2) is 0 Å². The Morgan fingerprint density at radius 1 is 1.31 bits per heavy atom. The van der Waals surface area contributed by atoms with E-state index in [2.05, 4.69) is 5.32 Å². The van der Waals surface area contributed by atoms with E-state index in [4.69, 9.17) is 10.8 Å². The van der Waals surface area contributed by atoms with Gasteiger partial charge < -0.3 is 16.2 Å². The lowest BCUT2D eigenvalue weighted by Crippen LogP contribution is -2.56. The normalized spacial score (nSPS) is 14.4. The van der Waals surface area contributed by atoms with E-state index in [1.165, 1.54) is 0 Å². The lowest BCUT2D eigenvalue weighted by atomic mass is 9.74. The number of rotatable bonds is 5. The molecular weight excluding hydrogens is 208 g/mol. The van der Waals surface area contributed by atoms with Gasteiger partial charge in [0.05, 0.1) is 11.8 Å². The predicted octanol–water partition coefficient (Wildman–Crippen LogP) is 0.729. The third kappa shape index (κ3) is 3.81. The summed E-state index contributed by atoms with van der Waals surface area (Å²) < 4.78 is 0. The second-order valence-electron chi connectivity index (χ2n) is 5.32. The van der Waals surface area contributed by atoms with Crippen molar-refractivity contribution in [3.05, 3.63) is 0 Å². The molecule has 0 rings (SSSR count). The van der Waals surface area contributed by atoms with Gasteiger partial charge in [-0.2, -0.15) is 0 Å². The molecule has 4 N–H and O–H groups in total. The fourth-order valence-corrected chi connectivity index (χ4v) is 1.01. The van der Waals surface area contributed by atoms with Crippen LogP contribution in [-0.2, 0) is 9.59 Å². The highest BCUT2D eigenvalue weighted by atomic mass is 16.4. The van der Waals surface area contributed by atoms with Crippen LogP contribution in [0.3, 0.4) is 0 Å². The number of aliphatic carboxylic acids is 1. The van der Waals surface area contributed by atoms with Gasteiger partial charge in [0.25, 0.3) is 0 Å². The van der Waals surface area contributed by atoms with Crippen LogP contribution in [0.2, 0.25) is 0 Å². The molecule has 0 aromatic rings. The van der Waals surface area contributed by atoms with Gasteiger partial charge in [0, 0.05) is 11.6 Å². The van der Waals surface area contributed by atoms with Crippen LogP contribution in [0.4, 0.5) is 0 Å². The molecule has 1 atom stereocenters. The molecule has 0 aliphatic heterocycles. The van der Waals surface area contributed by atoms with Crippen molar-refractivity contribution in [1.82, 2.24) is 5.32 Å². The first kappa shape index (κ1) is 14.9. The van der Waals surface area contributed by atoms with E-state index in [9.17, 15) is 9.59 Å². The van der Waals surface area contributed by atoms with Crippen LogP contribution < -0.4 is 11.1 Å². The summed E-state index contributed by atoms with van der Waals surface area (Å²) in [4.78, 5) is 22.4. The van der Waals surface area contributed by atoms with Crippen LogP contribution in [-0.4, -0.2) is 28.6 Å². The first-order chi connectivity index (χ1) is 6.98. The summed E-state index contributed by atoms with van der Waals surface area (Å²) in [7, 11) is 0. The van der Waals surface area contributed by atoms with Crippen LogP contribution in [0.15, 0.2) is 0 Å². The van der Waals surface area contributed by atoms with E-state index in [1.807, 2.05) is 0 Å². The lowest BCUT2D eigenvalue weighted by Gasteiger charge is -2.37. The van der Waals surface area contributed by atoms with Gasteiger partial charge in [-0.15, -0.1) is 0 Å². The van der Waals surface area contributed by atoms with Crippen molar-refractivity contribution in [2.24, 2.45) is 11.1 Å². The largest absolute Gasteiger partial charge is 0.481 e. The number of amides is 1. The number of nitrogens with one attached hydrogen (secondary N) is 1. The molecule has 0 aliphatic carbocycles. The third-order valence-corrected chi connectivity index (χ3v) is 3.04. The average Bonchev–Trinajstić information content (AvgIpc) is 1.99. The Hall–Kier alpha value is -1.10. The highest BCUT2D eigenvalue weighted by Crippen LogP contribution is 2.28. The molecule has 0 spiro atoms. The van der Waals surface area contributed by atoms with Crippen LogP contribution in [0.25, 0.3) is 0 Å². The topological polar surface area (TPSA) is 92.4 Å². The molecule has 0 fully saturated rings. The number of hydrogen-bond donors (Lipinski definition) is 3. The Balaban J connectivity index is 4.53. The molecule has 0 radical (unpaired) electrons. The van der Waals surface area contributed by atoms with E-state index in [1.54, 1.807) is 34.6 Å². The Bertz CT molecular complexity index is 279. The van der Waals surface area contributed by atoms with E-state index in [0.717, 1.165) is 0 Å². The molecule has 0 aliphatic rings. The first-order valence-electron chi connectivity index (χ1n) is 5.30.